The largest absolute Gasteiger partial charge is 0.467 e. The summed E-state index contributed by atoms with van der Waals surface area (Å²) in [6.45, 7) is 0.586. The Bertz CT molecular complexity index is 1110. The van der Waals surface area contributed by atoms with Crippen molar-refractivity contribution in [3.8, 4) is 0 Å². The van der Waals surface area contributed by atoms with E-state index in [-0.39, 0.29) is 34.5 Å². The zero-order valence-electron chi connectivity index (χ0n) is 19.3. The van der Waals surface area contributed by atoms with E-state index in [1.807, 2.05) is 0 Å². The van der Waals surface area contributed by atoms with Crippen LogP contribution in [0.4, 0.5) is 4.39 Å². The van der Waals surface area contributed by atoms with Crippen LogP contribution in [0, 0.1) is 17.7 Å². The summed E-state index contributed by atoms with van der Waals surface area (Å²) in [6.07, 6.45) is 3.77. The van der Waals surface area contributed by atoms with Gasteiger partial charge in [0, 0.05) is 17.8 Å². The van der Waals surface area contributed by atoms with Gasteiger partial charge in [0.2, 0.25) is 11.8 Å². The number of aromatic nitrogens is 1. The van der Waals surface area contributed by atoms with E-state index in [0.717, 1.165) is 19.3 Å². The summed E-state index contributed by atoms with van der Waals surface area (Å²) in [4.78, 5) is 53.4. The highest BCUT2D eigenvalue weighted by molar-refractivity contribution is 6.35. The van der Waals surface area contributed by atoms with Gasteiger partial charge in [-0.05, 0) is 49.8 Å². The van der Waals surface area contributed by atoms with E-state index in [4.69, 9.17) is 16.3 Å². The van der Waals surface area contributed by atoms with Crippen molar-refractivity contribution in [2.75, 3.05) is 13.7 Å². The molecule has 2 unspecified atom stereocenters. The lowest BCUT2D eigenvalue weighted by Gasteiger charge is -2.27. The lowest BCUT2D eigenvalue weighted by Crippen LogP contribution is -2.53. The molecule has 0 bridgehead atoms. The summed E-state index contributed by atoms with van der Waals surface area (Å²) in [5.74, 6) is -2.66. The summed E-state index contributed by atoms with van der Waals surface area (Å²) in [5, 5.41) is 8.78. The first kappa shape index (κ1) is 25.0. The molecule has 4 rings (SSSR count). The van der Waals surface area contributed by atoms with Crippen LogP contribution in [0.15, 0.2) is 18.2 Å². The Morgan fingerprint density at radius 1 is 1.17 bits per heavy atom. The number of hydrogen-bond donors (Lipinski definition) is 4. The molecule has 1 saturated carbocycles. The number of benzene rings is 1. The Hall–Kier alpha value is -3.14. The number of fused-ring (bicyclic) bond motifs is 1. The minimum atomic E-state index is -1.03. The van der Waals surface area contributed by atoms with Crippen molar-refractivity contribution in [1.82, 2.24) is 20.9 Å². The van der Waals surface area contributed by atoms with E-state index >= 15 is 0 Å². The van der Waals surface area contributed by atoms with Gasteiger partial charge in [0.1, 0.15) is 23.6 Å². The molecule has 2 aliphatic rings. The van der Waals surface area contributed by atoms with Crippen LogP contribution in [0.1, 0.15) is 49.0 Å². The Morgan fingerprint density at radius 3 is 2.60 bits per heavy atom. The third-order valence-electron chi connectivity index (χ3n) is 6.54. The highest BCUT2D eigenvalue weighted by Gasteiger charge is 2.35. The monoisotopic (exact) mass is 506 g/mol. The van der Waals surface area contributed by atoms with Crippen LogP contribution < -0.4 is 16.0 Å². The standard InChI is InChI=1S/C24H28ClFN4O5/c1-35-24(34)19(10-13-3-2-8-27-21(13)31)30-22(32)17(9-12-4-5-12)29-23(33)18-11-14-15(25)6-7-16(26)20(14)28-18/h6-7,11-13,17,19,28H,2-5,8-10H2,1H3,(H,27,31)(H,29,33)(H,30,32)/t13-,17?,19?/m0/s1. The number of carbonyl (C=O) groups excluding carboxylic acids is 4. The smallest absolute Gasteiger partial charge is 0.328 e. The average molecular weight is 507 g/mol. The Labute approximate surface area is 206 Å². The molecular formula is C24H28ClFN4O5. The molecule has 3 atom stereocenters. The van der Waals surface area contributed by atoms with Crippen LogP contribution >= 0.6 is 11.6 Å². The van der Waals surface area contributed by atoms with Gasteiger partial charge in [0.15, 0.2) is 0 Å². The average Bonchev–Trinajstić information content (AvgIpc) is 3.54. The third kappa shape index (κ3) is 5.93. The Kier molecular flexibility index (Phi) is 7.59. The van der Waals surface area contributed by atoms with E-state index in [0.29, 0.717) is 24.8 Å². The van der Waals surface area contributed by atoms with Crippen molar-refractivity contribution in [2.24, 2.45) is 11.8 Å². The number of amides is 3. The van der Waals surface area contributed by atoms with Crippen molar-refractivity contribution >= 4 is 46.2 Å². The first-order valence-electron chi connectivity index (χ1n) is 11.7. The predicted octanol–water partition coefficient (Wildman–Crippen LogP) is 2.43. The van der Waals surface area contributed by atoms with Crippen molar-refractivity contribution in [1.29, 1.82) is 0 Å². The number of rotatable bonds is 9. The number of esters is 1. The number of H-pyrrole nitrogens is 1. The lowest BCUT2D eigenvalue weighted by atomic mass is 9.91. The molecule has 1 aliphatic carbocycles. The number of piperidine rings is 1. The predicted molar refractivity (Wildman–Crippen MR) is 126 cm³/mol. The lowest BCUT2D eigenvalue weighted by molar-refractivity contribution is -0.146. The molecule has 2 fully saturated rings. The molecule has 1 aliphatic heterocycles. The number of nitrogens with one attached hydrogen (secondary N) is 4. The second-order valence-electron chi connectivity index (χ2n) is 9.16. The molecule has 9 nitrogen and oxygen atoms in total. The molecule has 35 heavy (non-hydrogen) atoms. The molecule has 2 heterocycles. The molecule has 188 valence electrons. The van der Waals surface area contributed by atoms with Crippen LogP contribution in [0.5, 0.6) is 0 Å². The quantitative estimate of drug-likeness (QED) is 0.388. The van der Waals surface area contributed by atoms with Crippen LogP contribution in [0.2, 0.25) is 5.02 Å². The van der Waals surface area contributed by atoms with Gasteiger partial charge in [-0.3, -0.25) is 14.4 Å². The fourth-order valence-electron chi connectivity index (χ4n) is 4.40. The maximum atomic E-state index is 14.1. The fraction of sp³-hybridized carbons (Fsp3) is 0.500. The summed E-state index contributed by atoms with van der Waals surface area (Å²) < 4.78 is 19.0. The van der Waals surface area contributed by atoms with E-state index in [2.05, 4.69) is 20.9 Å². The molecular weight excluding hydrogens is 479 g/mol. The topological polar surface area (TPSA) is 129 Å². The van der Waals surface area contributed by atoms with Crippen molar-refractivity contribution in [3.05, 3.63) is 34.7 Å². The summed E-state index contributed by atoms with van der Waals surface area (Å²) >= 11 is 6.12. The first-order valence-corrected chi connectivity index (χ1v) is 12.1. The third-order valence-corrected chi connectivity index (χ3v) is 6.87. The SMILES string of the molecule is COC(=O)C(C[C@@H]1CCCNC1=O)NC(=O)C(CC1CC1)NC(=O)c1cc2c(Cl)ccc(F)c2[nH]1. The van der Waals surface area contributed by atoms with E-state index in [1.165, 1.54) is 25.3 Å². The summed E-state index contributed by atoms with van der Waals surface area (Å²) in [5.41, 5.74) is 0.159. The number of aromatic amines is 1. The van der Waals surface area contributed by atoms with Gasteiger partial charge < -0.3 is 25.7 Å². The fourth-order valence-corrected chi connectivity index (χ4v) is 4.61. The summed E-state index contributed by atoms with van der Waals surface area (Å²) in [6, 6.07) is 2.08. The van der Waals surface area contributed by atoms with Gasteiger partial charge in [0.25, 0.3) is 5.91 Å². The van der Waals surface area contributed by atoms with Gasteiger partial charge in [-0.25, -0.2) is 9.18 Å². The van der Waals surface area contributed by atoms with Crippen LogP contribution in [0.25, 0.3) is 10.9 Å². The van der Waals surface area contributed by atoms with Gasteiger partial charge in [0.05, 0.1) is 17.6 Å². The molecule has 2 aromatic rings. The maximum Gasteiger partial charge on any atom is 0.328 e. The van der Waals surface area contributed by atoms with E-state index < -0.39 is 41.6 Å². The molecule has 0 radical (unpaired) electrons. The molecule has 1 aromatic carbocycles. The second-order valence-corrected chi connectivity index (χ2v) is 9.56. The first-order chi connectivity index (χ1) is 16.8. The van der Waals surface area contributed by atoms with Gasteiger partial charge in [-0.2, -0.15) is 0 Å². The Balaban J connectivity index is 1.48. The van der Waals surface area contributed by atoms with E-state index in [1.54, 1.807) is 0 Å². The minimum Gasteiger partial charge on any atom is -0.467 e. The number of carbonyl (C=O) groups is 4. The minimum absolute atomic E-state index is 0.0593. The highest BCUT2D eigenvalue weighted by atomic mass is 35.5. The van der Waals surface area contributed by atoms with Crippen LogP contribution in [-0.4, -0.2) is 54.4 Å². The molecule has 11 heteroatoms. The van der Waals surface area contributed by atoms with Crippen molar-refractivity contribution < 1.29 is 28.3 Å². The van der Waals surface area contributed by atoms with Crippen molar-refractivity contribution in [2.45, 2.75) is 50.6 Å². The molecule has 1 aromatic heterocycles. The second kappa shape index (κ2) is 10.6. The number of ether oxygens (including phenoxy) is 1. The maximum absolute atomic E-state index is 14.1. The van der Waals surface area contributed by atoms with Crippen LogP contribution in [-0.2, 0) is 19.1 Å². The molecule has 1 saturated heterocycles. The van der Waals surface area contributed by atoms with Crippen LogP contribution in [0.3, 0.4) is 0 Å². The summed E-state index contributed by atoms with van der Waals surface area (Å²) in [7, 11) is 1.21. The molecule has 0 spiro atoms. The van der Waals surface area contributed by atoms with Gasteiger partial charge >= 0.3 is 5.97 Å². The molecule has 3 amide bonds. The van der Waals surface area contributed by atoms with Gasteiger partial charge in [-0.1, -0.05) is 24.4 Å². The molecule has 4 N–H and O–H groups in total. The highest BCUT2D eigenvalue weighted by Crippen LogP contribution is 2.34. The van der Waals surface area contributed by atoms with E-state index in [9.17, 15) is 23.6 Å². The van der Waals surface area contributed by atoms with Gasteiger partial charge in [-0.15, -0.1) is 0 Å². The zero-order chi connectivity index (χ0) is 25.1. The normalized spacial score (nSPS) is 19.5. The Morgan fingerprint density at radius 2 is 1.94 bits per heavy atom. The number of methoxy groups -OCH3 is 1. The van der Waals surface area contributed by atoms with Crippen molar-refractivity contribution in [3.63, 3.8) is 0 Å². The zero-order valence-corrected chi connectivity index (χ0v) is 20.0. The number of hydrogen-bond acceptors (Lipinski definition) is 5. The number of halogens is 2.